The Hall–Kier alpha value is -3.10. The van der Waals surface area contributed by atoms with Gasteiger partial charge in [0, 0.05) is 16.6 Å². The summed E-state index contributed by atoms with van der Waals surface area (Å²) in [6.45, 7) is 0. The van der Waals surface area contributed by atoms with Crippen LogP contribution in [0, 0.1) is 5.82 Å². The summed E-state index contributed by atoms with van der Waals surface area (Å²) in [5.41, 5.74) is 1.27. The maximum absolute atomic E-state index is 13.2. The molecule has 1 N–H and O–H groups in total. The van der Waals surface area contributed by atoms with Crippen LogP contribution in [0.25, 0.3) is 11.4 Å². The van der Waals surface area contributed by atoms with Crippen molar-refractivity contribution in [2.45, 2.75) is 6.42 Å². The molecule has 4 rings (SSSR count). The number of carbonyl (C=O) groups is 1. The van der Waals surface area contributed by atoms with Crippen LogP contribution in [-0.2, 0) is 6.42 Å². The summed E-state index contributed by atoms with van der Waals surface area (Å²) in [6.07, 6.45) is 0.287. The normalized spacial score (nSPS) is 10.8. The van der Waals surface area contributed by atoms with Crippen molar-refractivity contribution in [1.82, 2.24) is 15.1 Å². The topological polar surface area (TPSA) is 80.9 Å². The molecule has 0 aliphatic carbocycles. The lowest BCUT2D eigenvalue weighted by atomic mass is 10.2. The fraction of sp³-hybridized carbons (Fsp3) is 0.0526. The van der Waals surface area contributed by atoms with E-state index in [4.69, 9.17) is 16.1 Å². The van der Waals surface area contributed by atoms with Crippen LogP contribution in [0.15, 0.2) is 58.4 Å². The highest BCUT2D eigenvalue weighted by Crippen LogP contribution is 2.25. The highest BCUT2D eigenvalue weighted by molar-refractivity contribution is 7.09. The van der Waals surface area contributed by atoms with Gasteiger partial charge in [-0.05, 0) is 30.3 Å². The zero-order chi connectivity index (χ0) is 19.5. The SMILES string of the molecule is O=C(Nc1cccc(F)c1)c1csc(Cc2nc(-c3ccccc3Cl)no2)n1. The lowest BCUT2D eigenvalue weighted by molar-refractivity contribution is 0.102. The summed E-state index contributed by atoms with van der Waals surface area (Å²) in [6, 6.07) is 12.9. The summed E-state index contributed by atoms with van der Waals surface area (Å²) in [4.78, 5) is 20.9. The van der Waals surface area contributed by atoms with Gasteiger partial charge >= 0.3 is 0 Å². The molecule has 4 aromatic rings. The second-order valence-electron chi connectivity index (χ2n) is 5.76. The predicted molar refractivity (Wildman–Crippen MR) is 104 cm³/mol. The third-order valence-corrected chi connectivity index (χ3v) is 4.93. The van der Waals surface area contributed by atoms with Gasteiger partial charge in [-0.3, -0.25) is 4.79 Å². The first kappa shape index (κ1) is 18.3. The van der Waals surface area contributed by atoms with Gasteiger partial charge in [-0.1, -0.05) is 35.0 Å². The molecule has 0 spiro atoms. The molecule has 0 saturated carbocycles. The molecule has 0 unspecified atom stereocenters. The van der Waals surface area contributed by atoms with Crippen molar-refractivity contribution < 1.29 is 13.7 Å². The van der Waals surface area contributed by atoms with E-state index >= 15 is 0 Å². The number of anilines is 1. The lowest BCUT2D eigenvalue weighted by Crippen LogP contribution is -2.12. The lowest BCUT2D eigenvalue weighted by Gasteiger charge is -2.02. The molecule has 28 heavy (non-hydrogen) atoms. The van der Waals surface area contributed by atoms with Gasteiger partial charge in [0.15, 0.2) is 0 Å². The number of amides is 1. The number of aromatic nitrogens is 3. The molecular weight excluding hydrogens is 403 g/mol. The highest BCUT2D eigenvalue weighted by Gasteiger charge is 2.16. The molecule has 0 atom stereocenters. The van der Waals surface area contributed by atoms with Gasteiger partial charge in [0.05, 0.1) is 11.4 Å². The first-order chi connectivity index (χ1) is 13.6. The predicted octanol–water partition coefficient (Wildman–Crippen LogP) is 4.83. The minimum absolute atomic E-state index is 0.232. The van der Waals surface area contributed by atoms with Crippen LogP contribution >= 0.6 is 22.9 Å². The molecule has 0 bridgehead atoms. The van der Waals surface area contributed by atoms with Gasteiger partial charge in [0.1, 0.15) is 16.5 Å². The number of halogens is 2. The molecule has 0 saturated heterocycles. The van der Waals surface area contributed by atoms with Crippen molar-refractivity contribution in [3.63, 3.8) is 0 Å². The average molecular weight is 415 g/mol. The zero-order valence-electron chi connectivity index (χ0n) is 14.2. The van der Waals surface area contributed by atoms with Crippen molar-refractivity contribution >= 4 is 34.5 Å². The Morgan fingerprint density at radius 2 is 2.04 bits per heavy atom. The summed E-state index contributed by atoms with van der Waals surface area (Å²) in [7, 11) is 0. The molecule has 6 nitrogen and oxygen atoms in total. The Kier molecular flexibility index (Phi) is 5.14. The third kappa shape index (κ3) is 4.08. The van der Waals surface area contributed by atoms with Gasteiger partial charge in [0.2, 0.25) is 11.7 Å². The van der Waals surface area contributed by atoms with E-state index in [0.717, 1.165) is 0 Å². The van der Waals surface area contributed by atoms with Gasteiger partial charge in [-0.25, -0.2) is 9.37 Å². The first-order valence-electron chi connectivity index (χ1n) is 8.17. The minimum atomic E-state index is -0.428. The van der Waals surface area contributed by atoms with E-state index in [2.05, 4.69) is 20.4 Å². The number of rotatable bonds is 5. The monoisotopic (exact) mass is 414 g/mol. The fourth-order valence-electron chi connectivity index (χ4n) is 2.47. The number of carbonyl (C=O) groups excluding carboxylic acids is 1. The second kappa shape index (κ2) is 7.87. The van der Waals surface area contributed by atoms with Gasteiger partial charge in [0.25, 0.3) is 5.91 Å². The van der Waals surface area contributed by atoms with Crippen molar-refractivity contribution in [3.05, 3.63) is 81.3 Å². The van der Waals surface area contributed by atoms with Crippen LogP contribution in [0.1, 0.15) is 21.4 Å². The summed E-state index contributed by atoms with van der Waals surface area (Å²) in [5, 5.41) is 9.33. The zero-order valence-corrected chi connectivity index (χ0v) is 15.8. The van der Waals surface area contributed by atoms with Gasteiger partial charge in [-0.15, -0.1) is 11.3 Å². The molecular formula is C19H12ClFN4O2S. The van der Waals surface area contributed by atoms with Crippen molar-refractivity contribution in [2.24, 2.45) is 0 Å². The summed E-state index contributed by atoms with van der Waals surface area (Å²) in [5.74, 6) is -0.0968. The quantitative estimate of drug-likeness (QED) is 0.506. The van der Waals surface area contributed by atoms with Crippen molar-refractivity contribution in [1.29, 1.82) is 0 Å². The Bertz CT molecular complexity index is 1140. The van der Waals surface area contributed by atoms with Crippen LogP contribution in [0.3, 0.4) is 0 Å². The second-order valence-corrected chi connectivity index (χ2v) is 7.11. The van der Waals surface area contributed by atoms with Gasteiger partial charge < -0.3 is 9.84 Å². The number of hydrogen-bond acceptors (Lipinski definition) is 6. The summed E-state index contributed by atoms with van der Waals surface area (Å²) >= 11 is 7.44. The fourth-order valence-corrected chi connectivity index (χ4v) is 3.45. The van der Waals surface area contributed by atoms with E-state index in [-0.39, 0.29) is 12.1 Å². The molecule has 2 heterocycles. The minimum Gasteiger partial charge on any atom is -0.339 e. The van der Waals surface area contributed by atoms with E-state index in [1.54, 1.807) is 23.6 Å². The Balaban J connectivity index is 1.45. The van der Waals surface area contributed by atoms with Gasteiger partial charge in [-0.2, -0.15) is 4.98 Å². The van der Waals surface area contributed by atoms with Crippen LogP contribution < -0.4 is 5.32 Å². The summed E-state index contributed by atoms with van der Waals surface area (Å²) < 4.78 is 18.5. The maximum atomic E-state index is 13.2. The molecule has 0 aliphatic heterocycles. The molecule has 0 fully saturated rings. The highest BCUT2D eigenvalue weighted by atomic mass is 35.5. The third-order valence-electron chi connectivity index (χ3n) is 3.75. The standard InChI is InChI=1S/C19H12ClFN4O2S/c20-14-7-2-1-6-13(14)18-24-16(27-25-18)9-17-23-15(10-28-17)19(26)22-12-5-3-4-11(21)8-12/h1-8,10H,9H2,(H,22,26). The van der Waals surface area contributed by atoms with E-state index in [1.165, 1.54) is 29.5 Å². The van der Waals surface area contributed by atoms with Crippen molar-refractivity contribution in [3.8, 4) is 11.4 Å². The molecule has 140 valence electrons. The van der Waals surface area contributed by atoms with Crippen LogP contribution in [-0.4, -0.2) is 21.0 Å². The van der Waals surface area contributed by atoms with Crippen molar-refractivity contribution in [2.75, 3.05) is 5.32 Å². The Labute approximate surface area is 168 Å². The van der Waals surface area contributed by atoms with E-state index in [0.29, 0.717) is 33.0 Å². The number of nitrogens with one attached hydrogen (secondary N) is 1. The molecule has 9 heteroatoms. The Morgan fingerprint density at radius 1 is 1.18 bits per heavy atom. The Morgan fingerprint density at radius 3 is 2.86 bits per heavy atom. The molecule has 0 aliphatic rings. The van der Waals surface area contributed by atoms with Crippen LogP contribution in [0.4, 0.5) is 10.1 Å². The van der Waals surface area contributed by atoms with E-state index < -0.39 is 11.7 Å². The number of thiazole rings is 1. The smallest absolute Gasteiger partial charge is 0.275 e. The molecule has 2 aromatic heterocycles. The van der Waals surface area contributed by atoms with E-state index in [1.807, 2.05) is 12.1 Å². The molecule has 1 amide bonds. The van der Waals surface area contributed by atoms with Crippen LogP contribution in [0.5, 0.6) is 0 Å². The average Bonchev–Trinajstić information content (AvgIpc) is 3.32. The molecule has 0 radical (unpaired) electrons. The first-order valence-corrected chi connectivity index (χ1v) is 9.43. The number of hydrogen-bond donors (Lipinski definition) is 1. The maximum Gasteiger partial charge on any atom is 0.275 e. The number of benzene rings is 2. The van der Waals surface area contributed by atoms with E-state index in [9.17, 15) is 9.18 Å². The number of nitrogens with zero attached hydrogens (tertiary/aromatic N) is 3. The van der Waals surface area contributed by atoms with Crippen LogP contribution in [0.2, 0.25) is 5.02 Å². The largest absolute Gasteiger partial charge is 0.339 e. The molecule has 2 aromatic carbocycles.